The van der Waals surface area contributed by atoms with Crippen LogP contribution >= 0.6 is 0 Å². The average Bonchev–Trinajstić information content (AvgIpc) is 3.57. The minimum absolute atomic E-state index is 0.0699. The lowest BCUT2D eigenvalue weighted by Gasteiger charge is -2.22. The van der Waals surface area contributed by atoms with Crippen molar-refractivity contribution >= 4 is 54.1 Å². The van der Waals surface area contributed by atoms with Crippen molar-refractivity contribution in [3.8, 4) is 27.9 Å². The summed E-state index contributed by atoms with van der Waals surface area (Å²) in [6, 6.07) is 56.3. The highest BCUT2D eigenvalue weighted by Crippen LogP contribution is 2.51. The van der Waals surface area contributed by atoms with Gasteiger partial charge in [0, 0.05) is 32.6 Å². The molecule has 1 heteroatoms. The van der Waals surface area contributed by atoms with Crippen molar-refractivity contribution < 1.29 is 0 Å². The molecule has 0 saturated carbocycles. The fourth-order valence-corrected chi connectivity index (χ4v) is 8.49. The van der Waals surface area contributed by atoms with Crippen molar-refractivity contribution in [1.82, 2.24) is 4.57 Å². The molecule has 8 aromatic carbocycles. The highest BCUT2D eigenvalue weighted by atomic mass is 15.0. The van der Waals surface area contributed by atoms with Gasteiger partial charge in [0.15, 0.2) is 0 Å². The second kappa shape index (κ2) is 9.19. The smallest absolute Gasteiger partial charge is 0.0626 e. The van der Waals surface area contributed by atoms with Gasteiger partial charge in [-0.05, 0) is 79.2 Å². The van der Waals surface area contributed by atoms with Crippen LogP contribution in [0.15, 0.2) is 152 Å². The molecule has 0 spiro atoms. The molecule has 0 N–H and O–H groups in total. The molecule has 0 atom stereocenters. The monoisotopic (exact) mass is 585 g/mol. The molecular weight excluding hydrogens is 555 g/mol. The van der Waals surface area contributed by atoms with Crippen LogP contribution in [0.4, 0.5) is 0 Å². The third kappa shape index (κ3) is 3.30. The molecule has 0 amide bonds. The van der Waals surface area contributed by atoms with E-state index in [4.69, 9.17) is 0 Å². The summed E-state index contributed by atoms with van der Waals surface area (Å²) in [5.41, 5.74) is 11.7. The van der Waals surface area contributed by atoms with Crippen LogP contribution in [0.5, 0.6) is 0 Å². The number of aromatic nitrogens is 1. The molecule has 0 fully saturated rings. The second-order valence-electron chi connectivity index (χ2n) is 13.3. The third-order valence-electron chi connectivity index (χ3n) is 10.6. The number of fused-ring (bicyclic) bond motifs is 13. The van der Waals surface area contributed by atoms with Crippen LogP contribution in [0.25, 0.3) is 82.1 Å². The molecular formula is C45H31N. The Morgan fingerprint density at radius 2 is 1.04 bits per heavy atom. The van der Waals surface area contributed by atoms with Crippen molar-refractivity contribution in [1.29, 1.82) is 0 Å². The van der Waals surface area contributed by atoms with Crippen molar-refractivity contribution in [2.24, 2.45) is 0 Å². The topological polar surface area (TPSA) is 4.93 Å². The van der Waals surface area contributed by atoms with Gasteiger partial charge in [-0.25, -0.2) is 0 Å². The van der Waals surface area contributed by atoms with Gasteiger partial charge < -0.3 is 4.57 Å². The van der Waals surface area contributed by atoms with Crippen LogP contribution in [0, 0.1) is 0 Å². The number of nitrogens with zero attached hydrogens (tertiary/aromatic N) is 1. The molecule has 1 heterocycles. The Morgan fingerprint density at radius 1 is 0.413 bits per heavy atom. The van der Waals surface area contributed by atoms with E-state index in [2.05, 4.69) is 170 Å². The van der Waals surface area contributed by atoms with Crippen molar-refractivity contribution in [2.45, 2.75) is 19.3 Å². The molecule has 46 heavy (non-hydrogen) atoms. The van der Waals surface area contributed by atoms with E-state index in [0.29, 0.717) is 0 Å². The predicted octanol–water partition coefficient (Wildman–Crippen LogP) is 12.2. The Morgan fingerprint density at radius 3 is 1.87 bits per heavy atom. The van der Waals surface area contributed by atoms with Gasteiger partial charge in [-0.2, -0.15) is 0 Å². The van der Waals surface area contributed by atoms with Crippen LogP contribution in [0.2, 0.25) is 0 Å². The van der Waals surface area contributed by atoms with Crippen LogP contribution in [0.1, 0.15) is 25.0 Å². The summed E-state index contributed by atoms with van der Waals surface area (Å²) in [5.74, 6) is 0. The lowest BCUT2D eigenvalue weighted by Crippen LogP contribution is -2.15. The SMILES string of the molecule is CC1(C)c2ccccc2-c2ccc(-n3c4ccccc4c4c5c6ccccc6c(-c6ccccc6)cc5c5ccccc5c43)cc21. The van der Waals surface area contributed by atoms with Crippen LogP contribution in [-0.4, -0.2) is 4.57 Å². The van der Waals surface area contributed by atoms with E-state index in [1.54, 1.807) is 0 Å². The maximum absolute atomic E-state index is 2.53. The van der Waals surface area contributed by atoms with E-state index >= 15 is 0 Å². The van der Waals surface area contributed by atoms with Gasteiger partial charge in [0.1, 0.15) is 0 Å². The average molecular weight is 586 g/mol. The normalized spacial score (nSPS) is 13.6. The van der Waals surface area contributed by atoms with E-state index in [-0.39, 0.29) is 5.41 Å². The second-order valence-corrected chi connectivity index (χ2v) is 13.3. The molecule has 1 aromatic heterocycles. The summed E-state index contributed by atoms with van der Waals surface area (Å²) in [6.07, 6.45) is 0. The predicted molar refractivity (Wildman–Crippen MR) is 196 cm³/mol. The maximum Gasteiger partial charge on any atom is 0.0626 e. The molecule has 0 unspecified atom stereocenters. The number of hydrogen-bond acceptors (Lipinski definition) is 0. The Hall–Kier alpha value is -5.66. The minimum atomic E-state index is -0.0699. The Bertz CT molecular complexity index is 2710. The van der Waals surface area contributed by atoms with E-state index in [9.17, 15) is 0 Å². The molecule has 216 valence electrons. The zero-order valence-corrected chi connectivity index (χ0v) is 25.9. The summed E-state index contributed by atoms with van der Waals surface area (Å²) < 4.78 is 2.53. The number of rotatable bonds is 2. The van der Waals surface area contributed by atoms with E-state index < -0.39 is 0 Å². The first-order valence-electron chi connectivity index (χ1n) is 16.2. The molecule has 9 aromatic rings. The van der Waals surface area contributed by atoms with Gasteiger partial charge >= 0.3 is 0 Å². The van der Waals surface area contributed by atoms with Crippen molar-refractivity contribution in [3.63, 3.8) is 0 Å². The first-order valence-corrected chi connectivity index (χ1v) is 16.2. The fourth-order valence-electron chi connectivity index (χ4n) is 8.49. The number of para-hydroxylation sites is 1. The lowest BCUT2D eigenvalue weighted by atomic mass is 9.82. The van der Waals surface area contributed by atoms with Crippen LogP contribution < -0.4 is 0 Å². The van der Waals surface area contributed by atoms with Gasteiger partial charge in [0.25, 0.3) is 0 Å². The van der Waals surface area contributed by atoms with Gasteiger partial charge in [0.2, 0.25) is 0 Å². The summed E-state index contributed by atoms with van der Waals surface area (Å²) in [4.78, 5) is 0. The summed E-state index contributed by atoms with van der Waals surface area (Å²) in [7, 11) is 0. The summed E-state index contributed by atoms with van der Waals surface area (Å²) >= 11 is 0. The summed E-state index contributed by atoms with van der Waals surface area (Å²) in [5, 5.41) is 10.4. The fraction of sp³-hybridized carbons (Fsp3) is 0.0667. The quantitative estimate of drug-likeness (QED) is 0.178. The first kappa shape index (κ1) is 25.6. The molecule has 0 aliphatic heterocycles. The number of benzene rings is 8. The standard InChI is InChI=1S/C45H31N/c1-45(2)39-22-12-10-18-32(39)33-25-24-29(26-40(33)45)46-41-23-13-11-21-36(41)43-42-34-19-8-6-16-30(34)37(28-14-4-3-5-15-28)27-38(42)31-17-7-9-20-35(31)44(43)46/h3-27H,1-2H3. The van der Waals surface area contributed by atoms with Crippen molar-refractivity contribution in [3.05, 3.63) is 163 Å². The van der Waals surface area contributed by atoms with E-state index in [0.717, 1.165) is 0 Å². The number of hydrogen-bond donors (Lipinski definition) is 0. The van der Waals surface area contributed by atoms with Gasteiger partial charge in [0.05, 0.1) is 11.0 Å². The molecule has 0 bridgehead atoms. The molecule has 1 aliphatic rings. The van der Waals surface area contributed by atoms with Gasteiger partial charge in [-0.3, -0.25) is 0 Å². The van der Waals surface area contributed by atoms with Crippen LogP contribution in [0.3, 0.4) is 0 Å². The zero-order valence-electron chi connectivity index (χ0n) is 25.9. The Kier molecular flexibility index (Phi) is 5.12. The summed E-state index contributed by atoms with van der Waals surface area (Å²) in [6.45, 7) is 4.74. The highest BCUT2D eigenvalue weighted by Gasteiger charge is 2.35. The molecule has 1 aliphatic carbocycles. The van der Waals surface area contributed by atoms with Gasteiger partial charge in [-0.1, -0.05) is 141 Å². The first-order chi connectivity index (χ1) is 22.6. The van der Waals surface area contributed by atoms with E-state index in [1.165, 1.54) is 93.2 Å². The van der Waals surface area contributed by atoms with Crippen molar-refractivity contribution in [2.75, 3.05) is 0 Å². The molecule has 0 radical (unpaired) electrons. The molecule has 10 rings (SSSR count). The minimum Gasteiger partial charge on any atom is -0.309 e. The van der Waals surface area contributed by atoms with Gasteiger partial charge in [-0.15, -0.1) is 0 Å². The van der Waals surface area contributed by atoms with Crippen LogP contribution in [-0.2, 0) is 5.41 Å². The Labute approximate surface area is 268 Å². The zero-order chi connectivity index (χ0) is 30.6. The molecule has 0 saturated heterocycles. The van der Waals surface area contributed by atoms with E-state index in [1.807, 2.05) is 0 Å². The Balaban J connectivity index is 1.40. The highest BCUT2D eigenvalue weighted by molar-refractivity contribution is 6.38. The third-order valence-corrected chi connectivity index (χ3v) is 10.6. The lowest BCUT2D eigenvalue weighted by molar-refractivity contribution is 0.660. The maximum atomic E-state index is 2.53. The molecule has 1 nitrogen and oxygen atoms in total. The largest absolute Gasteiger partial charge is 0.309 e.